The van der Waals surface area contributed by atoms with Crippen LogP contribution in [0.2, 0.25) is 0 Å². The molecule has 0 aromatic carbocycles. The normalized spacial score (nSPS) is 21.5. The Balaban J connectivity index is 2.31. The Morgan fingerprint density at radius 2 is 2.27 bits per heavy atom. The SMILES string of the molecule is NC1=CC2=CN(N)NN2C=C1. The number of hydrogen-bond donors (Lipinski definition) is 3. The fraction of sp³-hybridized carbons (Fsp3) is 0. The van der Waals surface area contributed by atoms with Gasteiger partial charge in [-0.15, -0.1) is 5.53 Å². The third kappa shape index (κ3) is 0.957. The van der Waals surface area contributed by atoms with Crippen molar-refractivity contribution in [3.8, 4) is 0 Å². The van der Waals surface area contributed by atoms with Gasteiger partial charge in [0.15, 0.2) is 0 Å². The molecule has 0 saturated carbocycles. The van der Waals surface area contributed by atoms with Crippen molar-refractivity contribution in [2.75, 3.05) is 0 Å². The molecular formula is C6H9N5. The summed E-state index contributed by atoms with van der Waals surface area (Å²) in [5.41, 5.74) is 10.1. The van der Waals surface area contributed by atoms with Gasteiger partial charge in [0.05, 0.1) is 11.9 Å². The molecule has 5 N–H and O–H groups in total. The Morgan fingerprint density at radius 1 is 1.45 bits per heavy atom. The van der Waals surface area contributed by atoms with Crippen LogP contribution in [0, 0.1) is 0 Å². The van der Waals surface area contributed by atoms with Crippen molar-refractivity contribution >= 4 is 0 Å². The number of fused-ring (bicyclic) bond motifs is 1. The van der Waals surface area contributed by atoms with Gasteiger partial charge in [0.1, 0.15) is 0 Å². The maximum Gasteiger partial charge on any atom is 0.0800 e. The zero-order valence-corrected chi connectivity index (χ0v) is 5.86. The minimum absolute atomic E-state index is 0.726. The van der Waals surface area contributed by atoms with Crippen LogP contribution in [0.25, 0.3) is 0 Å². The third-order valence-electron chi connectivity index (χ3n) is 1.50. The summed E-state index contributed by atoms with van der Waals surface area (Å²) in [4.78, 5) is 0. The maximum absolute atomic E-state index is 5.56. The van der Waals surface area contributed by atoms with E-state index in [0.29, 0.717) is 0 Å². The van der Waals surface area contributed by atoms with E-state index in [1.54, 1.807) is 17.3 Å². The second-order valence-corrected chi connectivity index (χ2v) is 2.39. The van der Waals surface area contributed by atoms with Gasteiger partial charge in [-0.25, -0.2) is 11.0 Å². The number of hydrogen-bond acceptors (Lipinski definition) is 5. The van der Waals surface area contributed by atoms with Gasteiger partial charge in [-0.2, -0.15) is 0 Å². The van der Waals surface area contributed by atoms with E-state index in [2.05, 4.69) is 5.53 Å². The van der Waals surface area contributed by atoms with Gasteiger partial charge in [-0.3, -0.25) is 5.01 Å². The molecule has 0 saturated heterocycles. The van der Waals surface area contributed by atoms with E-state index in [4.69, 9.17) is 11.6 Å². The van der Waals surface area contributed by atoms with Crippen LogP contribution in [0.1, 0.15) is 0 Å². The topological polar surface area (TPSA) is 70.5 Å². The highest BCUT2D eigenvalue weighted by atomic mass is 15.9. The van der Waals surface area contributed by atoms with Crippen LogP contribution in [0.4, 0.5) is 0 Å². The lowest BCUT2D eigenvalue weighted by Crippen LogP contribution is -2.41. The number of nitrogens with zero attached hydrogens (tertiary/aromatic N) is 2. The largest absolute Gasteiger partial charge is 0.399 e. The lowest BCUT2D eigenvalue weighted by atomic mass is 10.3. The summed E-state index contributed by atoms with van der Waals surface area (Å²) in [5, 5.41) is 3.14. The lowest BCUT2D eigenvalue weighted by Gasteiger charge is -2.19. The van der Waals surface area contributed by atoms with Crippen molar-refractivity contribution in [2.24, 2.45) is 11.6 Å². The molecule has 58 valence electrons. The van der Waals surface area contributed by atoms with E-state index in [9.17, 15) is 0 Å². The first kappa shape index (κ1) is 6.26. The van der Waals surface area contributed by atoms with Gasteiger partial charge in [0, 0.05) is 11.9 Å². The van der Waals surface area contributed by atoms with Crippen LogP contribution < -0.4 is 17.1 Å². The van der Waals surface area contributed by atoms with Gasteiger partial charge < -0.3 is 5.73 Å². The number of nitrogens with two attached hydrogens (primary N) is 2. The zero-order chi connectivity index (χ0) is 7.84. The molecule has 0 bridgehead atoms. The Labute approximate surface area is 64.1 Å². The van der Waals surface area contributed by atoms with Gasteiger partial charge in [0.2, 0.25) is 0 Å². The van der Waals surface area contributed by atoms with Crippen LogP contribution in [0.3, 0.4) is 0 Å². The van der Waals surface area contributed by atoms with Crippen molar-refractivity contribution in [3.63, 3.8) is 0 Å². The predicted molar refractivity (Wildman–Crippen MR) is 40.5 cm³/mol. The van der Waals surface area contributed by atoms with Crippen molar-refractivity contribution < 1.29 is 0 Å². The Kier molecular flexibility index (Phi) is 1.14. The number of hydrazine groups is 3. The summed E-state index contributed by atoms with van der Waals surface area (Å²) in [7, 11) is 0. The molecule has 0 atom stereocenters. The number of rotatable bonds is 0. The quantitative estimate of drug-likeness (QED) is 0.392. The highest BCUT2D eigenvalue weighted by Gasteiger charge is 2.16. The van der Waals surface area contributed by atoms with E-state index in [1.165, 1.54) is 5.12 Å². The molecule has 0 fully saturated rings. The van der Waals surface area contributed by atoms with E-state index in [-0.39, 0.29) is 0 Å². The molecule has 0 spiro atoms. The van der Waals surface area contributed by atoms with Crippen LogP contribution in [0.15, 0.2) is 35.9 Å². The number of allylic oxidation sites excluding steroid dienone is 2. The highest BCUT2D eigenvalue weighted by molar-refractivity contribution is 5.33. The molecule has 0 aromatic heterocycles. The van der Waals surface area contributed by atoms with Crippen molar-refractivity contribution in [2.45, 2.75) is 0 Å². The average molecular weight is 151 g/mol. The van der Waals surface area contributed by atoms with Gasteiger partial charge in [0.25, 0.3) is 0 Å². The molecule has 0 aliphatic carbocycles. The van der Waals surface area contributed by atoms with E-state index >= 15 is 0 Å². The Bertz CT molecular complexity index is 264. The number of nitrogens with one attached hydrogen (secondary N) is 1. The van der Waals surface area contributed by atoms with Crippen molar-refractivity contribution in [3.05, 3.63) is 35.9 Å². The van der Waals surface area contributed by atoms with Crippen molar-refractivity contribution in [1.29, 1.82) is 0 Å². The fourth-order valence-electron chi connectivity index (χ4n) is 1.02. The third-order valence-corrected chi connectivity index (χ3v) is 1.50. The van der Waals surface area contributed by atoms with Crippen molar-refractivity contribution in [1.82, 2.24) is 15.7 Å². The first-order valence-electron chi connectivity index (χ1n) is 3.22. The van der Waals surface area contributed by atoms with Gasteiger partial charge in [-0.05, 0) is 12.2 Å². The molecule has 2 aliphatic rings. The second-order valence-electron chi connectivity index (χ2n) is 2.39. The minimum Gasteiger partial charge on any atom is -0.399 e. The van der Waals surface area contributed by atoms with Crippen LogP contribution in [-0.4, -0.2) is 10.1 Å². The minimum atomic E-state index is 0.726. The summed E-state index contributed by atoms with van der Waals surface area (Å²) < 4.78 is 0. The first-order chi connectivity index (χ1) is 5.25. The fourth-order valence-corrected chi connectivity index (χ4v) is 1.02. The summed E-state index contributed by atoms with van der Waals surface area (Å²) in [6.45, 7) is 0. The Hall–Kier alpha value is -1.46. The predicted octanol–water partition coefficient (Wildman–Crippen LogP) is -0.891. The monoisotopic (exact) mass is 151 g/mol. The smallest absolute Gasteiger partial charge is 0.0800 e. The molecule has 2 heterocycles. The van der Waals surface area contributed by atoms with E-state index < -0.39 is 0 Å². The van der Waals surface area contributed by atoms with Crippen LogP contribution >= 0.6 is 0 Å². The summed E-state index contributed by atoms with van der Waals surface area (Å²) in [6, 6.07) is 0. The molecule has 0 radical (unpaired) electrons. The molecule has 0 amide bonds. The van der Waals surface area contributed by atoms with Crippen LogP contribution in [0.5, 0.6) is 0 Å². The first-order valence-corrected chi connectivity index (χ1v) is 3.22. The molecular weight excluding hydrogens is 142 g/mol. The molecule has 2 rings (SSSR count). The molecule has 2 aliphatic heterocycles. The summed E-state index contributed by atoms with van der Waals surface area (Å²) >= 11 is 0. The summed E-state index contributed by atoms with van der Waals surface area (Å²) in [6.07, 6.45) is 7.19. The van der Waals surface area contributed by atoms with Gasteiger partial charge in [-0.1, -0.05) is 0 Å². The molecule has 0 aromatic rings. The molecule has 5 nitrogen and oxygen atoms in total. The standard InChI is InChI=1S/C6H9N5/c7-5-1-2-10-6(3-5)4-11(8)9-10/h1-4,9H,7-8H2. The van der Waals surface area contributed by atoms with E-state index in [1.807, 2.05) is 12.3 Å². The van der Waals surface area contributed by atoms with E-state index in [0.717, 1.165) is 11.4 Å². The van der Waals surface area contributed by atoms with Gasteiger partial charge >= 0.3 is 0 Å². The lowest BCUT2D eigenvalue weighted by molar-refractivity contribution is 0.177. The van der Waals surface area contributed by atoms with Crippen LogP contribution in [-0.2, 0) is 0 Å². The average Bonchev–Trinajstić information content (AvgIpc) is 2.27. The molecule has 0 unspecified atom stereocenters. The summed E-state index contributed by atoms with van der Waals surface area (Å²) in [5.74, 6) is 5.44. The second kappa shape index (κ2) is 2.01. The zero-order valence-electron chi connectivity index (χ0n) is 5.86. The molecule has 5 heteroatoms. The molecule has 11 heavy (non-hydrogen) atoms. The Morgan fingerprint density at radius 3 is 3.09 bits per heavy atom. The highest BCUT2D eigenvalue weighted by Crippen LogP contribution is 2.15. The maximum atomic E-state index is 5.56.